The van der Waals surface area contributed by atoms with E-state index in [1.165, 1.54) is 16.3 Å². The maximum absolute atomic E-state index is 13.2. The van der Waals surface area contributed by atoms with Gasteiger partial charge in [-0.05, 0) is 50.1 Å². The Morgan fingerprint density at radius 1 is 1.11 bits per heavy atom. The van der Waals surface area contributed by atoms with Crippen LogP contribution in [0.1, 0.15) is 32.3 Å². The highest BCUT2D eigenvalue weighted by Crippen LogP contribution is 2.30. The molecule has 0 heterocycles. The molecule has 1 N–H and O–H groups in total. The van der Waals surface area contributed by atoms with Crippen molar-refractivity contribution in [3.8, 4) is 5.75 Å². The molecule has 2 aromatic rings. The lowest BCUT2D eigenvalue weighted by Crippen LogP contribution is -2.46. The lowest BCUT2D eigenvalue weighted by Gasteiger charge is -2.29. The van der Waals surface area contributed by atoms with E-state index in [1.807, 2.05) is 6.92 Å². The highest BCUT2D eigenvalue weighted by molar-refractivity contribution is 7.92. The second-order valence-electron chi connectivity index (χ2n) is 7.90. The monoisotopic (exact) mass is 543 g/mol. The molecule has 11 heteroatoms. The molecule has 0 unspecified atom stereocenters. The van der Waals surface area contributed by atoms with Gasteiger partial charge in [-0.15, -0.1) is 0 Å². The standard InChI is InChI=1S/C24H31Cl2N3O5S/c1-5-34-22-10-7-6-9-21(22)29(35(4,32)33)14-8-11-23(30)28(17(2)24(31)27-3)16-18-12-13-19(25)20(26)15-18/h6-7,9-10,12-13,15,17H,5,8,11,14,16H2,1-4H3,(H,27,31)/t17-/m1/s1. The number of hydrogen-bond acceptors (Lipinski definition) is 5. The van der Waals surface area contributed by atoms with Crippen LogP contribution >= 0.6 is 23.2 Å². The van der Waals surface area contributed by atoms with E-state index in [4.69, 9.17) is 27.9 Å². The Morgan fingerprint density at radius 3 is 2.40 bits per heavy atom. The molecule has 0 aliphatic rings. The van der Waals surface area contributed by atoms with Gasteiger partial charge in [0.05, 0.1) is 28.6 Å². The van der Waals surface area contributed by atoms with Gasteiger partial charge in [0.1, 0.15) is 11.8 Å². The van der Waals surface area contributed by atoms with E-state index >= 15 is 0 Å². The molecule has 0 saturated heterocycles. The Balaban J connectivity index is 2.20. The number of likely N-dealkylation sites (N-methyl/N-ethyl adjacent to an activating group) is 1. The van der Waals surface area contributed by atoms with Crippen LogP contribution in [0, 0.1) is 0 Å². The van der Waals surface area contributed by atoms with E-state index < -0.39 is 16.1 Å². The van der Waals surface area contributed by atoms with Crippen LogP contribution in [0.5, 0.6) is 5.75 Å². The predicted octanol–water partition coefficient (Wildman–Crippen LogP) is 4.10. The van der Waals surface area contributed by atoms with Crippen LogP contribution in [0.4, 0.5) is 5.69 Å². The van der Waals surface area contributed by atoms with Gasteiger partial charge in [-0.1, -0.05) is 41.4 Å². The van der Waals surface area contributed by atoms with E-state index in [1.54, 1.807) is 49.4 Å². The fraction of sp³-hybridized carbons (Fsp3) is 0.417. The Labute approximate surface area is 217 Å². The van der Waals surface area contributed by atoms with Crippen LogP contribution in [-0.4, -0.2) is 57.6 Å². The number of anilines is 1. The van der Waals surface area contributed by atoms with Gasteiger partial charge in [0.15, 0.2) is 0 Å². The van der Waals surface area contributed by atoms with Crippen molar-refractivity contribution < 1.29 is 22.7 Å². The number of ether oxygens (including phenoxy) is 1. The number of hydrogen-bond donors (Lipinski definition) is 1. The van der Waals surface area contributed by atoms with Crippen molar-refractivity contribution in [1.82, 2.24) is 10.2 Å². The molecule has 0 aliphatic carbocycles. The highest BCUT2D eigenvalue weighted by Gasteiger charge is 2.27. The summed E-state index contributed by atoms with van der Waals surface area (Å²) >= 11 is 12.1. The molecule has 8 nitrogen and oxygen atoms in total. The summed E-state index contributed by atoms with van der Waals surface area (Å²) in [6, 6.07) is 11.1. The second-order valence-corrected chi connectivity index (χ2v) is 10.6. The van der Waals surface area contributed by atoms with E-state index in [9.17, 15) is 18.0 Å². The molecule has 2 aromatic carbocycles. The Hall–Kier alpha value is -2.49. The van der Waals surface area contributed by atoms with Crippen molar-refractivity contribution in [2.45, 2.75) is 39.3 Å². The maximum atomic E-state index is 13.2. The summed E-state index contributed by atoms with van der Waals surface area (Å²) in [6.45, 7) is 4.05. The van der Waals surface area contributed by atoms with E-state index in [-0.39, 0.29) is 37.7 Å². The topological polar surface area (TPSA) is 96.0 Å². The molecular weight excluding hydrogens is 513 g/mol. The minimum Gasteiger partial charge on any atom is -0.492 e. The number of nitrogens with zero attached hydrogens (tertiary/aromatic N) is 2. The van der Waals surface area contributed by atoms with Crippen molar-refractivity contribution in [3.05, 3.63) is 58.1 Å². The zero-order valence-electron chi connectivity index (χ0n) is 20.3. The number of carbonyl (C=O) groups is 2. The summed E-state index contributed by atoms with van der Waals surface area (Å²) in [5, 5.41) is 3.30. The van der Waals surface area contributed by atoms with Crippen LogP contribution in [0.25, 0.3) is 0 Å². The number of rotatable bonds is 12. The van der Waals surface area contributed by atoms with Crippen LogP contribution < -0.4 is 14.4 Å². The molecule has 2 amide bonds. The first-order valence-corrected chi connectivity index (χ1v) is 13.7. The first-order valence-electron chi connectivity index (χ1n) is 11.1. The second kappa shape index (κ2) is 13.0. The number of sulfonamides is 1. The van der Waals surface area contributed by atoms with E-state index in [0.717, 1.165) is 6.26 Å². The molecule has 0 aromatic heterocycles. The van der Waals surface area contributed by atoms with Gasteiger partial charge >= 0.3 is 0 Å². The number of nitrogens with one attached hydrogen (secondary N) is 1. The van der Waals surface area contributed by atoms with Crippen molar-refractivity contribution in [2.24, 2.45) is 0 Å². The first kappa shape index (κ1) is 28.7. The van der Waals surface area contributed by atoms with Gasteiger partial charge in [-0.3, -0.25) is 13.9 Å². The summed E-state index contributed by atoms with van der Waals surface area (Å²) in [6.07, 6.45) is 1.39. The number of para-hydroxylation sites is 2. The van der Waals surface area contributed by atoms with Crippen molar-refractivity contribution >= 4 is 50.7 Å². The smallest absolute Gasteiger partial charge is 0.242 e. The summed E-state index contributed by atoms with van der Waals surface area (Å²) in [5.74, 6) is -0.165. The van der Waals surface area contributed by atoms with Gasteiger partial charge in [0, 0.05) is 26.6 Å². The van der Waals surface area contributed by atoms with Crippen molar-refractivity contribution in [3.63, 3.8) is 0 Å². The Kier molecular flexibility index (Phi) is 10.7. The third-order valence-corrected chi connectivity index (χ3v) is 7.26. The average Bonchev–Trinajstić information content (AvgIpc) is 2.81. The van der Waals surface area contributed by atoms with Gasteiger partial charge in [-0.25, -0.2) is 8.42 Å². The predicted molar refractivity (Wildman–Crippen MR) is 140 cm³/mol. The molecule has 2 rings (SSSR count). The highest BCUT2D eigenvalue weighted by atomic mass is 35.5. The summed E-state index contributed by atoms with van der Waals surface area (Å²) in [4.78, 5) is 26.9. The number of carbonyl (C=O) groups excluding carboxylic acids is 2. The lowest BCUT2D eigenvalue weighted by molar-refractivity contribution is -0.140. The third-order valence-electron chi connectivity index (χ3n) is 5.34. The lowest BCUT2D eigenvalue weighted by atomic mass is 10.1. The summed E-state index contributed by atoms with van der Waals surface area (Å²) in [5.41, 5.74) is 1.13. The van der Waals surface area contributed by atoms with E-state index in [2.05, 4.69) is 5.32 Å². The van der Waals surface area contributed by atoms with Gasteiger partial charge in [0.2, 0.25) is 21.8 Å². The molecule has 192 valence electrons. The fourth-order valence-corrected chi connectivity index (χ4v) is 4.84. The Morgan fingerprint density at radius 2 is 1.80 bits per heavy atom. The van der Waals surface area contributed by atoms with Crippen molar-refractivity contribution in [2.75, 3.05) is 30.8 Å². The van der Waals surface area contributed by atoms with Gasteiger partial charge in [0.25, 0.3) is 0 Å². The number of amides is 2. The van der Waals surface area contributed by atoms with Crippen LogP contribution in [0.2, 0.25) is 10.0 Å². The quantitative estimate of drug-likeness (QED) is 0.434. The Bertz CT molecular complexity index is 1140. The zero-order chi connectivity index (χ0) is 26.2. The molecular formula is C24H31Cl2N3O5S. The minimum atomic E-state index is -3.63. The zero-order valence-corrected chi connectivity index (χ0v) is 22.6. The third kappa shape index (κ3) is 8.02. The summed E-state index contributed by atoms with van der Waals surface area (Å²) < 4.78 is 31.9. The molecule has 0 bridgehead atoms. The molecule has 1 atom stereocenters. The van der Waals surface area contributed by atoms with E-state index in [0.29, 0.717) is 33.7 Å². The largest absolute Gasteiger partial charge is 0.492 e. The molecule has 35 heavy (non-hydrogen) atoms. The fourth-order valence-electron chi connectivity index (χ4n) is 3.55. The maximum Gasteiger partial charge on any atom is 0.242 e. The summed E-state index contributed by atoms with van der Waals surface area (Å²) in [7, 11) is -2.13. The molecule has 0 aliphatic heterocycles. The van der Waals surface area contributed by atoms with Crippen LogP contribution in [-0.2, 0) is 26.2 Å². The SMILES string of the molecule is CCOc1ccccc1N(CCCC(=O)N(Cc1ccc(Cl)c(Cl)c1)[C@H](C)C(=O)NC)S(C)(=O)=O. The van der Waals surface area contributed by atoms with Gasteiger partial charge < -0.3 is 15.0 Å². The van der Waals surface area contributed by atoms with Crippen LogP contribution in [0.3, 0.4) is 0 Å². The average molecular weight is 545 g/mol. The minimum absolute atomic E-state index is 0.0332. The first-order chi connectivity index (χ1) is 16.5. The van der Waals surface area contributed by atoms with Gasteiger partial charge in [-0.2, -0.15) is 0 Å². The van der Waals surface area contributed by atoms with Crippen LogP contribution in [0.15, 0.2) is 42.5 Å². The molecule has 0 fully saturated rings. The van der Waals surface area contributed by atoms with Crippen molar-refractivity contribution in [1.29, 1.82) is 0 Å². The molecule has 0 saturated carbocycles. The normalized spacial score (nSPS) is 12.1. The number of halogens is 2. The molecule has 0 radical (unpaired) electrons. The molecule has 0 spiro atoms. The number of benzene rings is 2.